The van der Waals surface area contributed by atoms with E-state index >= 15 is 0 Å². The lowest BCUT2D eigenvalue weighted by Crippen LogP contribution is -2.28. The fourth-order valence-electron chi connectivity index (χ4n) is 6.66. The summed E-state index contributed by atoms with van der Waals surface area (Å²) in [7, 11) is 4.16. The predicted molar refractivity (Wildman–Crippen MR) is 207 cm³/mol. The fourth-order valence-corrected chi connectivity index (χ4v) is 7.81. The molecule has 2 aliphatic carbocycles. The Bertz CT molecular complexity index is 1810. The Labute approximate surface area is 298 Å². The summed E-state index contributed by atoms with van der Waals surface area (Å²) in [5, 5.41) is 0. The summed E-state index contributed by atoms with van der Waals surface area (Å²) >= 11 is 1.76. The molecule has 0 radical (unpaired) electrons. The summed E-state index contributed by atoms with van der Waals surface area (Å²) in [6.45, 7) is 25.5. The van der Waals surface area contributed by atoms with Crippen molar-refractivity contribution in [3.8, 4) is 0 Å². The van der Waals surface area contributed by atoms with Crippen molar-refractivity contribution >= 4 is 34.0 Å². The number of hydrogen-bond donors (Lipinski definition) is 0. The number of carbonyl (C=O) groups excluding carboxylic acids is 2. The van der Waals surface area contributed by atoms with Crippen molar-refractivity contribution in [1.29, 1.82) is 0 Å². The van der Waals surface area contributed by atoms with E-state index in [-0.39, 0.29) is 33.2 Å². The molecule has 0 fully saturated rings. The van der Waals surface area contributed by atoms with Gasteiger partial charge < -0.3 is 9.13 Å². The van der Waals surface area contributed by atoms with Crippen LogP contribution in [0.3, 0.4) is 0 Å². The molecule has 0 unspecified atom stereocenters. The minimum Gasteiger partial charge on any atom is -0.351 e. The van der Waals surface area contributed by atoms with Gasteiger partial charge in [0.25, 0.3) is 0 Å². The van der Waals surface area contributed by atoms with Crippen molar-refractivity contribution in [3.63, 3.8) is 0 Å². The molecule has 2 aliphatic rings. The van der Waals surface area contributed by atoms with E-state index in [1.54, 1.807) is 11.3 Å². The van der Waals surface area contributed by atoms with Crippen LogP contribution in [0.5, 0.6) is 0 Å². The average Bonchev–Trinajstić information content (AvgIpc) is 3.71. The van der Waals surface area contributed by atoms with Crippen LogP contribution in [0.25, 0.3) is 11.1 Å². The SMILES string of the molecule is Cn1cccc1C(=C1C=C(C(C)(C)C)C(=O)C(C(C)(C)C)=C1)c1ccc(C(=C2C=C(C(C)(C)C)C(=O)C(C(C)(C)C)=C2)c2cccn2C)s1. The van der Waals surface area contributed by atoms with E-state index in [2.05, 4.69) is 179 Å². The highest BCUT2D eigenvalue weighted by Gasteiger charge is 2.37. The Kier molecular flexibility index (Phi) is 9.21. The highest BCUT2D eigenvalue weighted by Crippen LogP contribution is 2.46. The third kappa shape index (κ3) is 7.05. The largest absolute Gasteiger partial charge is 0.351 e. The summed E-state index contributed by atoms with van der Waals surface area (Å²) in [6, 6.07) is 12.9. The van der Waals surface area contributed by atoms with Crippen molar-refractivity contribution in [3.05, 3.63) is 128 Å². The molecule has 0 N–H and O–H groups in total. The van der Waals surface area contributed by atoms with Crippen molar-refractivity contribution in [1.82, 2.24) is 9.13 Å². The van der Waals surface area contributed by atoms with Gasteiger partial charge in [0.05, 0.1) is 0 Å². The number of Topliss-reactive ketones (excluding diaryl/α,β-unsaturated/α-hetero) is 2. The van der Waals surface area contributed by atoms with Crippen LogP contribution in [0.15, 0.2) is 107 Å². The van der Waals surface area contributed by atoms with Crippen LogP contribution in [0.2, 0.25) is 0 Å². The quantitative estimate of drug-likeness (QED) is 0.276. The fraction of sp³-hybridized carbons (Fsp3) is 0.409. The Morgan fingerprint density at radius 2 is 0.776 bits per heavy atom. The molecule has 3 aromatic heterocycles. The second kappa shape index (κ2) is 12.4. The molecule has 3 heterocycles. The van der Waals surface area contributed by atoms with Gasteiger partial charge in [0.2, 0.25) is 0 Å². The molecule has 0 aromatic carbocycles. The molecule has 258 valence electrons. The van der Waals surface area contributed by atoms with E-state index in [9.17, 15) is 9.59 Å². The number of rotatable bonds is 4. The smallest absolute Gasteiger partial charge is 0.186 e. The highest BCUT2D eigenvalue weighted by molar-refractivity contribution is 7.14. The monoisotopic (exact) mass is 674 g/mol. The maximum Gasteiger partial charge on any atom is 0.186 e. The molecule has 5 heteroatoms. The number of aryl methyl sites for hydroxylation is 2. The van der Waals surface area contributed by atoms with Gasteiger partial charge in [-0.1, -0.05) is 83.1 Å². The summed E-state index contributed by atoms with van der Waals surface area (Å²) in [4.78, 5) is 30.1. The highest BCUT2D eigenvalue weighted by atomic mass is 32.1. The van der Waals surface area contributed by atoms with E-state index < -0.39 is 0 Å². The van der Waals surface area contributed by atoms with Crippen LogP contribution in [0, 0.1) is 21.7 Å². The van der Waals surface area contributed by atoms with E-state index in [1.807, 2.05) is 0 Å². The number of nitrogens with zero attached hydrogens (tertiary/aromatic N) is 2. The number of ketones is 2. The van der Waals surface area contributed by atoms with Gasteiger partial charge in [-0.3, -0.25) is 9.59 Å². The number of thiophene rings is 1. The lowest BCUT2D eigenvalue weighted by atomic mass is 9.71. The lowest BCUT2D eigenvalue weighted by molar-refractivity contribution is -0.114. The van der Waals surface area contributed by atoms with Crippen molar-refractivity contribution < 1.29 is 9.59 Å². The van der Waals surface area contributed by atoms with Gasteiger partial charge in [-0.05, 0) is 93.5 Å². The summed E-state index contributed by atoms with van der Waals surface area (Å²) < 4.78 is 4.32. The van der Waals surface area contributed by atoms with Crippen LogP contribution in [-0.2, 0) is 23.7 Å². The number of carbonyl (C=O) groups is 2. The van der Waals surface area contributed by atoms with Crippen LogP contribution in [0.1, 0.15) is 104 Å². The van der Waals surface area contributed by atoms with Gasteiger partial charge in [-0.2, -0.15) is 0 Å². The minimum atomic E-state index is -0.316. The van der Waals surface area contributed by atoms with Gasteiger partial charge in [0.1, 0.15) is 0 Å². The van der Waals surface area contributed by atoms with Crippen molar-refractivity contribution in [2.45, 2.75) is 83.1 Å². The zero-order valence-electron chi connectivity index (χ0n) is 32.0. The molecule has 0 saturated carbocycles. The number of hydrogen-bond acceptors (Lipinski definition) is 3. The van der Waals surface area contributed by atoms with Crippen molar-refractivity contribution in [2.24, 2.45) is 35.8 Å². The zero-order chi connectivity index (χ0) is 36.4. The average molecular weight is 675 g/mol. The third-order valence-corrected chi connectivity index (χ3v) is 10.6. The molecule has 3 aromatic rings. The van der Waals surface area contributed by atoms with Crippen LogP contribution < -0.4 is 0 Å². The van der Waals surface area contributed by atoms with Crippen molar-refractivity contribution in [2.75, 3.05) is 0 Å². The standard InChI is InChI=1S/C44H54N2O2S/c1-41(2,3)29-23-27(24-30(39(29)47)42(4,5)6)37(33-17-15-21-45(33)13)35-19-20-36(49-35)38(34-18-16-22-46(34)14)28-25-31(43(7,8)9)40(48)32(26-28)44(10,11)12/h15-26H,1-14H3. The molecule has 4 nitrogen and oxygen atoms in total. The second-order valence-corrected chi connectivity index (χ2v) is 18.8. The molecule has 0 bridgehead atoms. The Hall–Kier alpha value is -3.96. The number of aromatic nitrogens is 2. The second-order valence-electron chi connectivity index (χ2n) is 17.7. The topological polar surface area (TPSA) is 44.0 Å². The molecule has 0 spiro atoms. The van der Waals surface area contributed by atoms with Gasteiger partial charge >= 0.3 is 0 Å². The molecule has 0 saturated heterocycles. The lowest BCUT2D eigenvalue weighted by Gasteiger charge is -2.32. The molecule has 0 amide bonds. The van der Waals surface area contributed by atoms with Crippen LogP contribution in [0.4, 0.5) is 0 Å². The summed E-state index contributed by atoms with van der Waals surface area (Å²) in [6.07, 6.45) is 12.7. The Balaban J connectivity index is 1.86. The molecular weight excluding hydrogens is 621 g/mol. The molecule has 5 rings (SSSR count). The van der Waals surface area contributed by atoms with E-state index in [4.69, 9.17) is 0 Å². The molecule has 0 atom stereocenters. The summed E-state index contributed by atoms with van der Waals surface area (Å²) in [5.74, 6) is 0.264. The first-order valence-corrected chi connectivity index (χ1v) is 18.1. The first-order valence-electron chi connectivity index (χ1n) is 17.3. The van der Waals surface area contributed by atoms with Crippen LogP contribution in [-0.4, -0.2) is 20.7 Å². The van der Waals surface area contributed by atoms with Gasteiger partial charge in [-0.15, -0.1) is 11.3 Å². The predicted octanol–water partition coefficient (Wildman–Crippen LogP) is 11.1. The normalized spacial score (nSPS) is 16.4. The Morgan fingerprint density at radius 3 is 1.00 bits per heavy atom. The van der Waals surface area contributed by atoms with Crippen LogP contribution >= 0.6 is 11.3 Å². The first-order chi connectivity index (χ1) is 22.5. The van der Waals surface area contributed by atoms with Gasteiger partial charge in [0.15, 0.2) is 11.6 Å². The number of allylic oxidation sites excluding steroid dienone is 10. The van der Waals surface area contributed by atoms with E-state index in [0.717, 1.165) is 65.7 Å². The zero-order valence-corrected chi connectivity index (χ0v) is 32.9. The summed E-state index contributed by atoms with van der Waals surface area (Å²) in [5.41, 5.74) is 8.54. The molecular formula is C44H54N2O2S. The maximum atomic E-state index is 13.9. The van der Waals surface area contributed by atoms with E-state index in [1.165, 1.54) is 0 Å². The van der Waals surface area contributed by atoms with E-state index in [0.29, 0.717) is 0 Å². The third-order valence-electron chi connectivity index (χ3n) is 9.49. The van der Waals surface area contributed by atoms with Gasteiger partial charge in [-0.25, -0.2) is 0 Å². The Morgan fingerprint density at radius 1 is 0.490 bits per heavy atom. The molecule has 0 aliphatic heterocycles. The first kappa shape index (κ1) is 36.3. The minimum absolute atomic E-state index is 0.132. The van der Waals surface area contributed by atoms with Gasteiger partial charge in [0, 0.05) is 81.1 Å². The maximum absolute atomic E-state index is 13.9. The molecule has 49 heavy (non-hydrogen) atoms.